The highest BCUT2D eigenvalue weighted by Crippen LogP contribution is 2.38. The van der Waals surface area contributed by atoms with Crippen LogP contribution in [0.25, 0.3) is 0 Å². The van der Waals surface area contributed by atoms with Crippen molar-refractivity contribution in [2.75, 3.05) is 11.9 Å². The quantitative estimate of drug-likeness (QED) is 0.867. The Morgan fingerprint density at radius 2 is 2.18 bits per heavy atom. The maximum atomic E-state index is 11.9. The number of alkyl halides is 1. The molecule has 0 aliphatic heterocycles. The number of carbonyl (C=O) groups excluding carboxylic acids is 1. The van der Waals surface area contributed by atoms with Crippen LogP contribution in [0.4, 0.5) is 0 Å². The van der Waals surface area contributed by atoms with E-state index in [0.29, 0.717) is 5.56 Å². The van der Waals surface area contributed by atoms with Crippen LogP contribution in [-0.2, 0) is 0 Å². The predicted octanol–water partition coefficient (Wildman–Crippen LogP) is 2.16. The predicted molar refractivity (Wildman–Crippen MR) is 69.1 cm³/mol. The molecule has 0 bridgehead atoms. The van der Waals surface area contributed by atoms with Gasteiger partial charge in [0.2, 0.25) is 0 Å². The maximum Gasteiger partial charge on any atom is 0.252 e. The van der Waals surface area contributed by atoms with Crippen molar-refractivity contribution in [2.24, 2.45) is 5.41 Å². The van der Waals surface area contributed by atoms with E-state index in [0.717, 1.165) is 11.9 Å². The van der Waals surface area contributed by atoms with E-state index in [1.807, 2.05) is 0 Å². The average molecular weight is 298 g/mol. The minimum absolute atomic E-state index is 0.0628. The third kappa shape index (κ3) is 3.03. The number of amides is 1. The number of hydrogen-bond acceptors (Lipinski definition) is 3. The summed E-state index contributed by atoms with van der Waals surface area (Å²) < 4.78 is 0. The molecule has 0 radical (unpaired) electrons. The van der Waals surface area contributed by atoms with Gasteiger partial charge in [-0.2, -0.15) is 10.2 Å². The Kier molecular flexibility index (Phi) is 4.10. The first-order chi connectivity index (χ1) is 8.26. The van der Waals surface area contributed by atoms with Gasteiger partial charge in [0.1, 0.15) is 0 Å². The maximum absolute atomic E-state index is 11.9. The number of hydrogen-bond donors (Lipinski definition) is 1. The van der Waals surface area contributed by atoms with Crippen LogP contribution in [0.15, 0.2) is 18.5 Å². The molecule has 0 spiro atoms. The SMILES string of the molecule is O=C(NCC1(CBr)CCCC1)c1ccnnc1. The van der Waals surface area contributed by atoms with Gasteiger partial charge in [0.25, 0.3) is 5.91 Å². The zero-order valence-electron chi connectivity index (χ0n) is 9.66. The molecule has 1 saturated carbocycles. The fraction of sp³-hybridized carbons (Fsp3) is 0.583. The van der Waals surface area contributed by atoms with Gasteiger partial charge in [-0.25, -0.2) is 0 Å². The van der Waals surface area contributed by atoms with E-state index in [2.05, 4.69) is 31.4 Å². The molecule has 0 aromatic carbocycles. The van der Waals surface area contributed by atoms with Gasteiger partial charge in [0, 0.05) is 11.9 Å². The van der Waals surface area contributed by atoms with Crippen molar-refractivity contribution < 1.29 is 4.79 Å². The summed E-state index contributed by atoms with van der Waals surface area (Å²) in [6, 6.07) is 1.68. The first kappa shape index (κ1) is 12.5. The molecule has 17 heavy (non-hydrogen) atoms. The van der Waals surface area contributed by atoms with Crippen LogP contribution in [0.5, 0.6) is 0 Å². The van der Waals surface area contributed by atoms with Crippen LogP contribution in [0, 0.1) is 5.41 Å². The second kappa shape index (κ2) is 5.58. The van der Waals surface area contributed by atoms with E-state index in [4.69, 9.17) is 0 Å². The second-order valence-electron chi connectivity index (χ2n) is 4.65. The molecular weight excluding hydrogens is 282 g/mol. The monoisotopic (exact) mass is 297 g/mol. The van der Waals surface area contributed by atoms with E-state index in [1.54, 1.807) is 6.07 Å². The fourth-order valence-corrected chi connectivity index (χ4v) is 3.04. The Hall–Kier alpha value is -0.970. The molecule has 0 atom stereocenters. The summed E-state index contributed by atoms with van der Waals surface area (Å²) in [7, 11) is 0. The molecule has 2 rings (SSSR count). The highest BCUT2D eigenvalue weighted by Gasteiger charge is 2.33. The number of rotatable bonds is 4. The molecule has 92 valence electrons. The fourth-order valence-electron chi connectivity index (χ4n) is 2.28. The molecule has 1 fully saturated rings. The van der Waals surface area contributed by atoms with E-state index in [1.165, 1.54) is 38.1 Å². The molecular formula is C12H16BrN3O. The lowest BCUT2D eigenvalue weighted by molar-refractivity contribution is 0.0935. The molecule has 5 heteroatoms. The van der Waals surface area contributed by atoms with E-state index < -0.39 is 0 Å². The summed E-state index contributed by atoms with van der Waals surface area (Å²) in [5, 5.41) is 11.3. The minimum Gasteiger partial charge on any atom is -0.351 e. The van der Waals surface area contributed by atoms with E-state index in [9.17, 15) is 4.79 Å². The average Bonchev–Trinajstić information content (AvgIpc) is 2.86. The van der Waals surface area contributed by atoms with Gasteiger partial charge in [0.15, 0.2) is 0 Å². The second-order valence-corrected chi connectivity index (χ2v) is 5.22. The van der Waals surface area contributed by atoms with Crippen LogP contribution in [0.3, 0.4) is 0 Å². The number of nitrogens with zero attached hydrogens (tertiary/aromatic N) is 2. The third-order valence-corrected chi connectivity index (χ3v) is 4.61. The van der Waals surface area contributed by atoms with Crippen molar-refractivity contribution in [3.63, 3.8) is 0 Å². The Balaban J connectivity index is 1.92. The van der Waals surface area contributed by atoms with E-state index >= 15 is 0 Å². The number of halogens is 1. The topological polar surface area (TPSA) is 54.9 Å². The Morgan fingerprint density at radius 3 is 2.76 bits per heavy atom. The van der Waals surface area contributed by atoms with Crippen molar-refractivity contribution in [1.29, 1.82) is 0 Å². The summed E-state index contributed by atoms with van der Waals surface area (Å²) >= 11 is 3.57. The summed E-state index contributed by atoms with van der Waals surface area (Å²) in [6.07, 6.45) is 7.92. The van der Waals surface area contributed by atoms with Gasteiger partial charge in [-0.15, -0.1) is 0 Å². The van der Waals surface area contributed by atoms with Crippen molar-refractivity contribution >= 4 is 21.8 Å². The largest absolute Gasteiger partial charge is 0.351 e. The number of nitrogens with one attached hydrogen (secondary N) is 1. The van der Waals surface area contributed by atoms with Gasteiger partial charge in [-0.1, -0.05) is 28.8 Å². The smallest absolute Gasteiger partial charge is 0.252 e. The van der Waals surface area contributed by atoms with Crippen molar-refractivity contribution in [3.05, 3.63) is 24.0 Å². The lowest BCUT2D eigenvalue weighted by atomic mass is 9.89. The zero-order chi connectivity index (χ0) is 12.1. The molecule has 4 nitrogen and oxygen atoms in total. The molecule has 1 N–H and O–H groups in total. The third-order valence-electron chi connectivity index (χ3n) is 3.42. The van der Waals surface area contributed by atoms with Crippen molar-refractivity contribution in [1.82, 2.24) is 15.5 Å². The standard InChI is InChI=1S/C12H16BrN3O/c13-8-12(4-1-2-5-12)9-14-11(17)10-3-6-15-16-7-10/h3,6-7H,1-2,4-5,8-9H2,(H,14,17). The Bertz CT molecular complexity index is 377. The number of carbonyl (C=O) groups is 1. The van der Waals surface area contributed by atoms with Crippen LogP contribution in [-0.4, -0.2) is 28.0 Å². The molecule has 0 saturated heterocycles. The van der Waals surface area contributed by atoms with Crippen molar-refractivity contribution in [3.8, 4) is 0 Å². The van der Waals surface area contributed by atoms with Crippen LogP contribution in [0.1, 0.15) is 36.0 Å². The molecule has 1 aromatic rings. The zero-order valence-corrected chi connectivity index (χ0v) is 11.2. The summed E-state index contributed by atoms with van der Waals surface area (Å²) in [5.74, 6) is -0.0628. The molecule has 1 aliphatic carbocycles. The van der Waals surface area contributed by atoms with Crippen LogP contribution < -0.4 is 5.32 Å². The van der Waals surface area contributed by atoms with Crippen LogP contribution >= 0.6 is 15.9 Å². The van der Waals surface area contributed by atoms with E-state index in [-0.39, 0.29) is 11.3 Å². The Labute approximate surface area is 109 Å². The minimum atomic E-state index is -0.0628. The highest BCUT2D eigenvalue weighted by atomic mass is 79.9. The van der Waals surface area contributed by atoms with Gasteiger partial charge < -0.3 is 5.32 Å². The summed E-state index contributed by atoms with van der Waals surface area (Å²) in [4.78, 5) is 11.9. The van der Waals surface area contributed by atoms with Gasteiger partial charge in [0.05, 0.1) is 18.0 Å². The first-order valence-corrected chi connectivity index (χ1v) is 6.99. The highest BCUT2D eigenvalue weighted by molar-refractivity contribution is 9.09. The summed E-state index contributed by atoms with van der Waals surface area (Å²) in [6.45, 7) is 0.736. The molecule has 1 aliphatic rings. The molecule has 1 aromatic heterocycles. The van der Waals surface area contributed by atoms with Gasteiger partial charge in [-0.05, 0) is 24.3 Å². The molecule has 0 unspecified atom stereocenters. The van der Waals surface area contributed by atoms with Gasteiger partial charge in [-0.3, -0.25) is 4.79 Å². The number of aromatic nitrogens is 2. The van der Waals surface area contributed by atoms with Crippen LogP contribution in [0.2, 0.25) is 0 Å². The lowest BCUT2D eigenvalue weighted by Crippen LogP contribution is -2.37. The summed E-state index contributed by atoms with van der Waals surface area (Å²) in [5.41, 5.74) is 0.818. The van der Waals surface area contributed by atoms with Gasteiger partial charge >= 0.3 is 0 Å². The lowest BCUT2D eigenvalue weighted by Gasteiger charge is -2.26. The Morgan fingerprint density at radius 1 is 1.41 bits per heavy atom. The molecule has 1 amide bonds. The van der Waals surface area contributed by atoms with Crippen molar-refractivity contribution in [2.45, 2.75) is 25.7 Å². The normalized spacial score (nSPS) is 17.9. The molecule has 1 heterocycles. The first-order valence-electron chi connectivity index (χ1n) is 5.87.